The number of benzene rings is 1. The number of carbonyl (C=O) groups excluding carboxylic acids is 1. The number of hydrogen-bond acceptors (Lipinski definition) is 4. The van der Waals surface area contributed by atoms with Gasteiger partial charge in [-0.15, -0.1) is 0 Å². The number of nitriles is 1. The number of ketones is 1. The van der Waals surface area contributed by atoms with E-state index in [2.05, 4.69) is 6.07 Å². The highest BCUT2D eigenvalue weighted by Gasteiger charge is 2.39. The second-order valence-corrected chi connectivity index (χ2v) is 6.19. The molecule has 1 aliphatic heterocycles. The molecule has 0 unspecified atom stereocenters. The third-order valence-electron chi connectivity index (χ3n) is 4.07. The van der Waals surface area contributed by atoms with Crippen molar-refractivity contribution >= 4 is 17.4 Å². The molecule has 0 fully saturated rings. The molecule has 1 aromatic carbocycles. The molecule has 2 N–H and O–H groups in total. The minimum Gasteiger partial charge on any atom is -0.444 e. The molecule has 0 bridgehead atoms. The van der Waals surface area contributed by atoms with E-state index in [0.717, 1.165) is 5.56 Å². The Morgan fingerprint density at radius 3 is 2.64 bits per heavy atom. The first-order valence-corrected chi connectivity index (χ1v) is 7.48. The number of halogens is 1. The Bertz CT molecular complexity index is 741. The zero-order valence-corrected chi connectivity index (χ0v) is 12.9. The first kappa shape index (κ1) is 14.7. The molecule has 1 aliphatic carbocycles. The number of ether oxygens (including phenoxy) is 1. The maximum atomic E-state index is 12.5. The summed E-state index contributed by atoms with van der Waals surface area (Å²) in [6, 6.07) is 9.22. The molecule has 0 aromatic heterocycles. The van der Waals surface area contributed by atoms with Crippen LogP contribution >= 0.6 is 11.6 Å². The molecule has 4 nitrogen and oxygen atoms in total. The quantitative estimate of drug-likeness (QED) is 0.862. The SMILES string of the molecule is C[C@H]1CC(=O)C2=C(C1)OC(N)=C(C#N)[C@H]2c1ccc(Cl)cc1. The van der Waals surface area contributed by atoms with Crippen LogP contribution < -0.4 is 5.73 Å². The fourth-order valence-electron chi connectivity index (χ4n) is 3.08. The van der Waals surface area contributed by atoms with Gasteiger partial charge in [-0.2, -0.15) is 5.26 Å². The Morgan fingerprint density at radius 1 is 1.32 bits per heavy atom. The van der Waals surface area contributed by atoms with Crippen LogP contribution in [0.3, 0.4) is 0 Å². The van der Waals surface area contributed by atoms with Gasteiger partial charge in [0.1, 0.15) is 17.4 Å². The number of Topliss-reactive ketones (excluding diaryl/α,β-unsaturated/α-hetero) is 1. The van der Waals surface area contributed by atoms with Gasteiger partial charge in [0.15, 0.2) is 5.78 Å². The molecule has 22 heavy (non-hydrogen) atoms. The third kappa shape index (κ3) is 2.38. The summed E-state index contributed by atoms with van der Waals surface area (Å²) in [5.74, 6) is 0.455. The van der Waals surface area contributed by atoms with Crippen LogP contribution in [0.15, 0.2) is 47.1 Å². The highest BCUT2D eigenvalue weighted by molar-refractivity contribution is 6.30. The predicted molar refractivity (Wildman–Crippen MR) is 82.5 cm³/mol. The molecule has 0 amide bonds. The van der Waals surface area contributed by atoms with Crippen molar-refractivity contribution in [3.63, 3.8) is 0 Å². The molecule has 0 radical (unpaired) electrons. The monoisotopic (exact) mass is 314 g/mol. The standard InChI is InChI=1S/C17H15ClN2O2/c1-9-6-13(21)16-14(7-9)22-17(20)12(8-19)15(16)10-2-4-11(18)5-3-10/h2-5,9,15H,6-7,20H2,1H3/t9-,15+/m0/s1. The summed E-state index contributed by atoms with van der Waals surface area (Å²) in [5, 5.41) is 10.0. The van der Waals surface area contributed by atoms with E-state index >= 15 is 0 Å². The fourth-order valence-corrected chi connectivity index (χ4v) is 3.21. The highest BCUT2D eigenvalue weighted by Crippen LogP contribution is 2.44. The Labute approximate surface area is 133 Å². The maximum Gasteiger partial charge on any atom is 0.205 e. The zero-order valence-electron chi connectivity index (χ0n) is 12.1. The van der Waals surface area contributed by atoms with Crippen molar-refractivity contribution in [2.24, 2.45) is 11.7 Å². The van der Waals surface area contributed by atoms with E-state index in [0.29, 0.717) is 29.2 Å². The van der Waals surface area contributed by atoms with Crippen molar-refractivity contribution in [3.8, 4) is 6.07 Å². The van der Waals surface area contributed by atoms with Gasteiger partial charge in [0.05, 0.1) is 5.92 Å². The molecule has 3 rings (SSSR count). The zero-order chi connectivity index (χ0) is 15.9. The van der Waals surface area contributed by atoms with Crippen molar-refractivity contribution in [2.45, 2.75) is 25.7 Å². The number of nitrogens with two attached hydrogens (primary N) is 1. The van der Waals surface area contributed by atoms with E-state index in [1.54, 1.807) is 12.1 Å². The third-order valence-corrected chi connectivity index (χ3v) is 4.32. The van der Waals surface area contributed by atoms with Crippen molar-refractivity contribution in [2.75, 3.05) is 0 Å². The molecule has 1 aromatic rings. The number of nitrogens with zero attached hydrogens (tertiary/aromatic N) is 1. The van der Waals surface area contributed by atoms with Gasteiger partial charge in [-0.3, -0.25) is 4.79 Å². The number of allylic oxidation sites excluding steroid dienone is 3. The number of rotatable bonds is 1. The molecule has 2 aliphatic rings. The van der Waals surface area contributed by atoms with Crippen molar-refractivity contribution < 1.29 is 9.53 Å². The van der Waals surface area contributed by atoms with E-state index in [4.69, 9.17) is 22.1 Å². The van der Waals surface area contributed by atoms with Crippen molar-refractivity contribution in [1.82, 2.24) is 0 Å². The lowest BCUT2D eigenvalue weighted by Gasteiger charge is -2.32. The second kappa shape index (κ2) is 5.51. The smallest absolute Gasteiger partial charge is 0.205 e. The molecule has 0 saturated carbocycles. The average molecular weight is 315 g/mol. The summed E-state index contributed by atoms with van der Waals surface area (Å²) >= 11 is 5.93. The summed E-state index contributed by atoms with van der Waals surface area (Å²) in [4.78, 5) is 12.5. The average Bonchev–Trinajstić information content (AvgIpc) is 2.46. The van der Waals surface area contributed by atoms with E-state index in [-0.39, 0.29) is 23.2 Å². The largest absolute Gasteiger partial charge is 0.444 e. The van der Waals surface area contributed by atoms with Crippen LogP contribution in [0.2, 0.25) is 5.02 Å². The van der Waals surface area contributed by atoms with Gasteiger partial charge in [-0.25, -0.2) is 0 Å². The van der Waals surface area contributed by atoms with Gasteiger partial charge < -0.3 is 10.5 Å². The summed E-state index contributed by atoms with van der Waals surface area (Å²) < 4.78 is 5.58. The normalized spacial score (nSPS) is 24.7. The summed E-state index contributed by atoms with van der Waals surface area (Å²) in [6.07, 6.45) is 1.12. The van der Waals surface area contributed by atoms with Crippen LogP contribution in [-0.4, -0.2) is 5.78 Å². The molecular formula is C17H15ClN2O2. The minimum absolute atomic E-state index is 0.0222. The van der Waals surface area contributed by atoms with Gasteiger partial charge >= 0.3 is 0 Å². The Hall–Kier alpha value is -2.25. The molecule has 2 atom stereocenters. The summed E-state index contributed by atoms with van der Waals surface area (Å²) in [7, 11) is 0. The van der Waals surface area contributed by atoms with Crippen LogP contribution in [-0.2, 0) is 9.53 Å². The lowest BCUT2D eigenvalue weighted by molar-refractivity contribution is -0.117. The van der Waals surface area contributed by atoms with Crippen LogP contribution in [0.1, 0.15) is 31.2 Å². The van der Waals surface area contributed by atoms with E-state index in [1.165, 1.54) is 0 Å². The second-order valence-electron chi connectivity index (χ2n) is 5.75. The Kier molecular flexibility index (Phi) is 3.67. The predicted octanol–water partition coefficient (Wildman–Crippen LogP) is 3.40. The van der Waals surface area contributed by atoms with Crippen molar-refractivity contribution in [3.05, 3.63) is 57.6 Å². The van der Waals surface area contributed by atoms with Crippen LogP contribution in [0.5, 0.6) is 0 Å². The Morgan fingerprint density at radius 2 is 2.00 bits per heavy atom. The first-order valence-electron chi connectivity index (χ1n) is 7.10. The molecule has 5 heteroatoms. The summed E-state index contributed by atoms with van der Waals surface area (Å²) in [5.41, 5.74) is 7.57. The van der Waals surface area contributed by atoms with Crippen LogP contribution in [0.25, 0.3) is 0 Å². The van der Waals surface area contributed by atoms with E-state index in [9.17, 15) is 10.1 Å². The molecule has 1 heterocycles. The molecular weight excluding hydrogens is 300 g/mol. The van der Waals surface area contributed by atoms with Gasteiger partial charge in [0.25, 0.3) is 0 Å². The van der Waals surface area contributed by atoms with Crippen LogP contribution in [0, 0.1) is 17.2 Å². The van der Waals surface area contributed by atoms with E-state index < -0.39 is 5.92 Å². The topological polar surface area (TPSA) is 76.1 Å². The van der Waals surface area contributed by atoms with E-state index in [1.807, 2.05) is 19.1 Å². The lowest BCUT2D eigenvalue weighted by atomic mass is 9.75. The lowest BCUT2D eigenvalue weighted by Crippen LogP contribution is -2.29. The first-order chi connectivity index (χ1) is 10.5. The van der Waals surface area contributed by atoms with Gasteiger partial charge in [-0.1, -0.05) is 30.7 Å². The van der Waals surface area contributed by atoms with Gasteiger partial charge in [-0.05, 0) is 23.6 Å². The maximum absolute atomic E-state index is 12.5. The highest BCUT2D eigenvalue weighted by atomic mass is 35.5. The number of hydrogen-bond donors (Lipinski definition) is 1. The minimum atomic E-state index is -0.467. The summed E-state index contributed by atoms with van der Waals surface area (Å²) in [6.45, 7) is 2.00. The van der Waals surface area contributed by atoms with Gasteiger partial charge in [0, 0.05) is 23.4 Å². The number of carbonyl (C=O) groups is 1. The Balaban J connectivity index is 2.16. The fraction of sp³-hybridized carbons (Fsp3) is 0.294. The molecule has 0 spiro atoms. The van der Waals surface area contributed by atoms with Gasteiger partial charge in [0.2, 0.25) is 5.88 Å². The molecule has 112 valence electrons. The van der Waals surface area contributed by atoms with Crippen molar-refractivity contribution in [1.29, 1.82) is 5.26 Å². The molecule has 0 saturated heterocycles. The van der Waals surface area contributed by atoms with Crippen LogP contribution in [0.4, 0.5) is 0 Å².